The van der Waals surface area contributed by atoms with Gasteiger partial charge >= 0.3 is 0 Å². The summed E-state index contributed by atoms with van der Waals surface area (Å²) >= 11 is 10.0. The molecule has 0 aliphatic rings. The summed E-state index contributed by atoms with van der Waals surface area (Å²) in [5.41, 5.74) is 4.06. The van der Waals surface area contributed by atoms with E-state index in [-0.39, 0.29) is 0 Å². The van der Waals surface area contributed by atoms with Crippen LogP contribution in [0.3, 0.4) is 0 Å². The van der Waals surface area contributed by atoms with E-state index in [9.17, 15) is 0 Å². The van der Waals surface area contributed by atoms with E-state index >= 15 is 0 Å². The van der Waals surface area contributed by atoms with Crippen LogP contribution in [0.1, 0.15) is 12.5 Å². The number of aliphatic imine (C=N–C) groups is 1. The van der Waals surface area contributed by atoms with Gasteiger partial charge in [0.25, 0.3) is 0 Å². The van der Waals surface area contributed by atoms with Gasteiger partial charge in [-0.2, -0.15) is 0 Å². The molecule has 0 amide bonds. The zero-order valence-corrected chi connectivity index (χ0v) is 16.2. The number of hydrogen-bond donors (Lipinski definition) is 0. The van der Waals surface area contributed by atoms with Crippen molar-refractivity contribution >= 4 is 50.9 Å². The van der Waals surface area contributed by atoms with E-state index in [0.717, 1.165) is 33.6 Å². The maximum atomic E-state index is 6.43. The minimum Gasteiger partial charge on any atom is -0.366 e. The van der Waals surface area contributed by atoms with Crippen LogP contribution in [0.2, 0.25) is 5.02 Å². The molecule has 0 saturated carbocycles. The van der Waals surface area contributed by atoms with Gasteiger partial charge in [-0.3, -0.25) is 0 Å². The first kappa shape index (κ1) is 17.8. The SMILES string of the molecule is CCN(C)C=Nc1cc(C)c(N(C)c2ccccc2Br)cc1Cl. The van der Waals surface area contributed by atoms with Crippen molar-refractivity contribution in [1.82, 2.24) is 4.90 Å². The second-order valence-electron chi connectivity index (χ2n) is 5.42. The Bertz CT molecular complexity index is 715. The third kappa shape index (κ3) is 4.27. The summed E-state index contributed by atoms with van der Waals surface area (Å²) in [6, 6.07) is 12.1. The summed E-state index contributed by atoms with van der Waals surface area (Å²) in [5, 5.41) is 0.644. The summed E-state index contributed by atoms with van der Waals surface area (Å²) in [6.45, 7) is 5.05. The summed E-state index contributed by atoms with van der Waals surface area (Å²) in [5.74, 6) is 0. The Balaban J connectivity index is 2.37. The molecule has 2 aromatic rings. The lowest BCUT2D eigenvalue weighted by Gasteiger charge is -2.23. The van der Waals surface area contributed by atoms with Crippen LogP contribution in [0.25, 0.3) is 0 Å². The second-order valence-corrected chi connectivity index (χ2v) is 6.68. The smallest absolute Gasteiger partial charge is 0.0910 e. The number of hydrogen-bond acceptors (Lipinski definition) is 2. The maximum Gasteiger partial charge on any atom is 0.0910 e. The highest BCUT2D eigenvalue weighted by Gasteiger charge is 2.12. The zero-order chi connectivity index (χ0) is 17.0. The van der Waals surface area contributed by atoms with E-state index in [0.29, 0.717) is 5.02 Å². The molecule has 0 radical (unpaired) electrons. The summed E-state index contributed by atoms with van der Waals surface area (Å²) in [7, 11) is 4.02. The Morgan fingerprint density at radius 2 is 1.87 bits per heavy atom. The van der Waals surface area contributed by atoms with E-state index < -0.39 is 0 Å². The fourth-order valence-corrected chi connectivity index (χ4v) is 2.97. The van der Waals surface area contributed by atoms with Gasteiger partial charge in [0.15, 0.2) is 0 Å². The topological polar surface area (TPSA) is 18.8 Å². The highest BCUT2D eigenvalue weighted by atomic mass is 79.9. The molecule has 0 aliphatic heterocycles. The van der Waals surface area contributed by atoms with Gasteiger partial charge in [0.1, 0.15) is 0 Å². The van der Waals surface area contributed by atoms with Crippen LogP contribution in [0.15, 0.2) is 45.9 Å². The molecule has 3 nitrogen and oxygen atoms in total. The first-order chi connectivity index (χ1) is 10.9. The maximum absolute atomic E-state index is 6.43. The second kappa shape index (κ2) is 7.84. The van der Waals surface area contributed by atoms with Gasteiger partial charge in [-0.25, -0.2) is 4.99 Å². The molecule has 0 atom stereocenters. The highest BCUT2D eigenvalue weighted by Crippen LogP contribution is 2.37. The predicted octanol–water partition coefficient (Wildman–Crippen LogP) is 5.79. The number of anilines is 2. The number of halogens is 2. The molecule has 0 heterocycles. The third-order valence-electron chi connectivity index (χ3n) is 3.73. The Hall–Kier alpha value is -1.52. The summed E-state index contributed by atoms with van der Waals surface area (Å²) in [4.78, 5) is 8.60. The van der Waals surface area contributed by atoms with Crippen LogP contribution in [0.5, 0.6) is 0 Å². The average molecular weight is 395 g/mol. The van der Waals surface area contributed by atoms with Crippen molar-refractivity contribution in [2.24, 2.45) is 4.99 Å². The summed E-state index contributed by atoms with van der Waals surface area (Å²) in [6.07, 6.45) is 1.80. The Labute approximate surface area is 151 Å². The largest absolute Gasteiger partial charge is 0.366 e. The predicted molar refractivity (Wildman–Crippen MR) is 105 cm³/mol. The van der Waals surface area contributed by atoms with Gasteiger partial charge in [-0.15, -0.1) is 0 Å². The van der Waals surface area contributed by atoms with Gasteiger partial charge in [-0.05, 0) is 59.6 Å². The van der Waals surface area contributed by atoms with E-state index in [2.05, 4.69) is 45.7 Å². The minimum atomic E-state index is 0.644. The first-order valence-electron chi connectivity index (χ1n) is 7.46. The van der Waals surface area contributed by atoms with Crippen molar-refractivity contribution in [2.75, 3.05) is 25.5 Å². The zero-order valence-electron chi connectivity index (χ0n) is 13.8. The lowest BCUT2D eigenvalue weighted by atomic mass is 10.1. The molecular formula is C18H21BrClN3. The molecule has 0 unspecified atom stereocenters. The number of benzene rings is 2. The molecule has 122 valence electrons. The van der Waals surface area contributed by atoms with Crippen molar-refractivity contribution in [3.05, 3.63) is 51.5 Å². The summed E-state index contributed by atoms with van der Waals surface area (Å²) < 4.78 is 1.05. The lowest BCUT2D eigenvalue weighted by molar-refractivity contribution is 0.552. The lowest BCUT2D eigenvalue weighted by Crippen LogP contribution is -2.14. The van der Waals surface area contributed by atoms with Crippen LogP contribution in [-0.4, -0.2) is 31.9 Å². The van der Waals surface area contributed by atoms with Gasteiger partial charge < -0.3 is 9.80 Å². The molecule has 0 N–H and O–H groups in total. The first-order valence-corrected chi connectivity index (χ1v) is 8.64. The average Bonchev–Trinajstić information content (AvgIpc) is 2.54. The van der Waals surface area contributed by atoms with Crippen molar-refractivity contribution in [2.45, 2.75) is 13.8 Å². The van der Waals surface area contributed by atoms with Crippen LogP contribution >= 0.6 is 27.5 Å². The third-order valence-corrected chi connectivity index (χ3v) is 4.71. The molecule has 0 fully saturated rings. The van der Waals surface area contributed by atoms with Crippen molar-refractivity contribution < 1.29 is 0 Å². The van der Waals surface area contributed by atoms with Crippen LogP contribution in [0, 0.1) is 6.92 Å². The van der Waals surface area contributed by atoms with E-state index in [1.165, 1.54) is 0 Å². The minimum absolute atomic E-state index is 0.644. The molecule has 0 aliphatic carbocycles. The molecule has 2 rings (SSSR count). The van der Waals surface area contributed by atoms with E-state index in [4.69, 9.17) is 11.6 Å². The molecule has 0 saturated heterocycles. The van der Waals surface area contributed by atoms with Gasteiger partial charge in [0.05, 0.1) is 22.7 Å². The molecule has 0 bridgehead atoms. The quantitative estimate of drug-likeness (QED) is 0.472. The number of nitrogens with zero attached hydrogens (tertiary/aromatic N) is 3. The van der Waals surface area contributed by atoms with Crippen LogP contribution in [0.4, 0.5) is 17.1 Å². The normalized spacial score (nSPS) is 11.0. The van der Waals surface area contributed by atoms with Crippen molar-refractivity contribution in [3.63, 3.8) is 0 Å². The Morgan fingerprint density at radius 1 is 1.17 bits per heavy atom. The van der Waals surface area contributed by atoms with Crippen molar-refractivity contribution in [1.29, 1.82) is 0 Å². The number of para-hydroxylation sites is 1. The van der Waals surface area contributed by atoms with Gasteiger partial charge in [-0.1, -0.05) is 23.7 Å². The van der Waals surface area contributed by atoms with Gasteiger partial charge in [0, 0.05) is 30.8 Å². The van der Waals surface area contributed by atoms with E-state index in [1.54, 1.807) is 6.34 Å². The monoisotopic (exact) mass is 393 g/mol. The molecule has 23 heavy (non-hydrogen) atoms. The molecule has 2 aromatic carbocycles. The Morgan fingerprint density at radius 3 is 2.52 bits per heavy atom. The fourth-order valence-electron chi connectivity index (χ4n) is 2.21. The Kier molecular flexibility index (Phi) is 6.08. The number of aryl methyl sites for hydroxylation is 1. The van der Waals surface area contributed by atoms with Crippen LogP contribution < -0.4 is 4.90 Å². The van der Waals surface area contributed by atoms with E-state index in [1.807, 2.05) is 49.3 Å². The highest BCUT2D eigenvalue weighted by molar-refractivity contribution is 9.10. The standard InChI is InChI=1S/C18H21BrClN3/c1-5-22(3)12-21-16-10-13(2)18(11-15(16)20)23(4)17-9-7-6-8-14(17)19/h6-12H,5H2,1-4H3. The molecule has 5 heteroatoms. The van der Waals surface area contributed by atoms with Gasteiger partial charge in [0.2, 0.25) is 0 Å². The fraction of sp³-hybridized carbons (Fsp3) is 0.278. The van der Waals surface area contributed by atoms with Crippen molar-refractivity contribution in [3.8, 4) is 0 Å². The molecule has 0 spiro atoms. The van der Waals surface area contributed by atoms with Crippen LogP contribution in [-0.2, 0) is 0 Å². The number of rotatable bonds is 5. The molecule has 0 aromatic heterocycles. The molecular weight excluding hydrogens is 374 g/mol.